The van der Waals surface area contributed by atoms with Crippen molar-refractivity contribution in [3.8, 4) is 0 Å². The zero-order valence-corrected chi connectivity index (χ0v) is 9.60. The van der Waals surface area contributed by atoms with Gasteiger partial charge in [-0.05, 0) is 13.8 Å². The second-order valence-corrected chi connectivity index (χ2v) is 3.01. The van der Waals surface area contributed by atoms with E-state index in [0.717, 1.165) is 11.6 Å². The van der Waals surface area contributed by atoms with Crippen LogP contribution in [0.4, 0.5) is 0 Å². The van der Waals surface area contributed by atoms with Crippen molar-refractivity contribution in [3.63, 3.8) is 0 Å². The van der Waals surface area contributed by atoms with Crippen LogP contribution >= 0.6 is 0 Å². The third-order valence-electron chi connectivity index (χ3n) is 1.13. The molecule has 0 radical (unpaired) electrons. The van der Waals surface area contributed by atoms with Gasteiger partial charge in [-0.1, -0.05) is 12.2 Å². The average Bonchev–Trinajstić information content (AvgIpc) is 2.16. The Bertz CT molecular complexity index is 251. The van der Waals surface area contributed by atoms with E-state index in [2.05, 4.69) is 11.3 Å². The Morgan fingerprint density at radius 1 is 1.38 bits per heavy atom. The van der Waals surface area contributed by atoms with E-state index in [0.29, 0.717) is 6.42 Å². The van der Waals surface area contributed by atoms with E-state index in [1.54, 1.807) is 13.8 Å². The third-order valence-corrected chi connectivity index (χ3v) is 1.13. The van der Waals surface area contributed by atoms with Crippen LogP contribution in [0.3, 0.4) is 0 Å². The van der Waals surface area contributed by atoms with Gasteiger partial charge in [0.15, 0.2) is 0 Å². The normalized spacial score (nSPS) is 8.19. The van der Waals surface area contributed by atoms with Crippen molar-refractivity contribution in [2.24, 2.45) is 0 Å². The maximum absolute atomic E-state index is 10.3. The molecule has 2 N–H and O–H groups in total. The van der Waals surface area contributed by atoms with Crippen LogP contribution in [0.1, 0.15) is 20.3 Å². The quantitative estimate of drug-likeness (QED) is 0.420. The number of aliphatic hydroxyl groups is 1. The summed E-state index contributed by atoms with van der Waals surface area (Å²) >= 11 is 0. The molecule has 0 rings (SSSR count). The second-order valence-electron chi connectivity index (χ2n) is 3.01. The average molecular weight is 230 g/mol. The number of rotatable bonds is 5. The summed E-state index contributed by atoms with van der Waals surface area (Å²) in [4.78, 5) is 20.0. The van der Waals surface area contributed by atoms with Gasteiger partial charge in [-0.15, -0.1) is 0 Å². The Kier molecular flexibility index (Phi) is 12.0. The standard InChI is InChI=1S/C6H10O3.C5H8O2/c1-2-6(8)9-5-3-4-7;1-4(2)3-5(6)7/h2,7H,1,3-5H2;3H,1-2H3,(H,6,7). The van der Waals surface area contributed by atoms with E-state index in [-0.39, 0.29) is 13.2 Å². The first-order valence-electron chi connectivity index (χ1n) is 4.72. The highest BCUT2D eigenvalue weighted by molar-refractivity contribution is 5.81. The third kappa shape index (κ3) is 18.2. The lowest BCUT2D eigenvalue weighted by molar-refractivity contribution is -0.138. The Balaban J connectivity index is 0. The number of aliphatic hydroxyl groups excluding tert-OH is 1. The summed E-state index contributed by atoms with van der Waals surface area (Å²) in [6.07, 6.45) is 2.75. The first-order valence-corrected chi connectivity index (χ1v) is 4.72. The lowest BCUT2D eigenvalue weighted by Crippen LogP contribution is -2.02. The highest BCUT2D eigenvalue weighted by Crippen LogP contribution is 1.85. The van der Waals surface area contributed by atoms with E-state index in [1.807, 2.05) is 0 Å². The molecule has 0 saturated heterocycles. The number of carbonyl (C=O) groups is 2. The van der Waals surface area contributed by atoms with Gasteiger partial charge in [-0.2, -0.15) is 0 Å². The van der Waals surface area contributed by atoms with E-state index in [4.69, 9.17) is 10.2 Å². The summed E-state index contributed by atoms with van der Waals surface area (Å²) in [5.74, 6) is -1.32. The molecule has 0 aliphatic carbocycles. The molecule has 0 spiro atoms. The molecule has 92 valence electrons. The van der Waals surface area contributed by atoms with Gasteiger partial charge >= 0.3 is 11.9 Å². The smallest absolute Gasteiger partial charge is 0.330 e. The first kappa shape index (κ1) is 16.8. The minimum absolute atomic E-state index is 0.0461. The number of ether oxygens (including phenoxy) is 1. The number of allylic oxidation sites excluding steroid dienone is 1. The summed E-state index contributed by atoms with van der Waals surface area (Å²) < 4.78 is 4.51. The van der Waals surface area contributed by atoms with Crippen LogP contribution in [0.2, 0.25) is 0 Å². The molecule has 0 aliphatic rings. The van der Waals surface area contributed by atoms with Crippen molar-refractivity contribution in [3.05, 3.63) is 24.3 Å². The molecule has 5 nitrogen and oxygen atoms in total. The number of hydrogen-bond acceptors (Lipinski definition) is 4. The van der Waals surface area contributed by atoms with Gasteiger partial charge in [-0.25, -0.2) is 9.59 Å². The molecule has 0 saturated carbocycles. The summed E-state index contributed by atoms with van der Waals surface area (Å²) in [5, 5.41) is 16.2. The largest absolute Gasteiger partial charge is 0.478 e. The van der Waals surface area contributed by atoms with Gasteiger partial charge in [-0.3, -0.25) is 0 Å². The van der Waals surface area contributed by atoms with Crippen molar-refractivity contribution >= 4 is 11.9 Å². The van der Waals surface area contributed by atoms with Gasteiger partial charge < -0.3 is 14.9 Å². The van der Waals surface area contributed by atoms with Gasteiger partial charge in [0.05, 0.1) is 6.61 Å². The molecule has 0 aliphatic heterocycles. The fourth-order valence-electron chi connectivity index (χ4n) is 0.543. The van der Waals surface area contributed by atoms with Crippen LogP contribution in [-0.4, -0.2) is 35.4 Å². The van der Waals surface area contributed by atoms with Crippen LogP contribution in [0, 0.1) is 0 Å². The van der Waals surface area contributed by atoms with Crippen molar-refractivity contribution in [2.75, 3.05) is 13.2 Å². The first-order chi connectivity index (χ1) is 7.43. The highest BCUT2D eigenvalue weighted by Gasteiger charge is 1.91. The molecular weight excluding hydrogens is 212 g/mol. The van der Waals surface area contributed by atoms with Crippen molar-refractivity contribution in [2.45, 2.75) is 20.3 Å². The van der Waals surface area contributed by atoms with Crippen molar-refractivity contribution < 1.29 is 24.5 Å². The molecule has 0 unspecified atom stereocenters. The molecule has 16 heavy (non-hydrogen) atoms. The molecule has 0 heterocycles. The number of aliphatic carboxylic acids is 1. The molecule has 5 heteroatoms. The van der Waals surface area contributed by atoms with E-state index < -0.39 is 11.9 Å². The fraction of sp³-hybridized carbons (Fsp3) is 0.455. The van der Waals surface area contributed by atoms with Crippen LogP contribution in [0.25, 0.3) is 0 Å². The minimum Gasteiger partial charge on any atom is -0.478 e. The van der Waals surface area contributed by atoms with E-state index in [1.165, 1.54) is 6.08 Å². The molecular formula is C11H18O5. The van der Waals surface area contributed by atoms with Gasteiger partial charge in [0, 0.05) is 25.2 Å². The molecule has 0 aromatic carbocycles. The molecule has 0 aromatic rings. The maximum Gasteiger partial charge on any atom is 0.330 e. The number of esters is 1. The molecule has 0 atom stereocenters. The zero-order chi connectivity index (χ0) is 13.0. The molecule has 0 bridgehead atoms. The SMILES string of the molecule is C=CC(=O)OCCCO.CC(C)=CC(=O)O. The lowest BCUT2D eigenvalue weighted by atomic mass is 10.3. The predicted octanol–water partition coefficient (Wildman–Crippen LogP) is 1.14. The minimum atomic E-state index is -0.875. The van der Waals surface area contributed by atoms with Gasteiger partial charge in [0.1, 0.15) is 0 Å². The highest BCUT2D eigenvalue weighted by atomic mass is 16.5. The number of carboxylic acid groups (broad SMARTS) is 1. The van der Waals surface area contributed by atoms with E-state index in [9.17, 15) is 9.59 Å². The molecule has 0 aromatic heterocycles. The second kappa shape index (κ2) is 11.5. The van der Waals surface area contributed by atoms with Crippen LogP contribution in [0.15, 0.2) is 24.3 Å². The topological polar surface area (TPSA) is 83.8 Å². The van der Waals surface area contributed by atoms with E-state index >= 15 is 0 Å². The van der Waals surface area contributed by atoms with Crippen molar-refractivity contribution in [1.82, 2.24) is 0 Å². The van der Waals surface area contributed by atoms with Gasteiger partial charge in [0.2, 0.25) is 0 Å². The Morgan fingerprint density at radius 3 is 2.19 bits per heavy atom. The number of hydrogen-bond donors (Lipinski definition) is 2. The summed E-state index contributed by atoms with van der Waals surface area (Å²) in [6.45, 7) is 7.00. The van der Waals surface area contributed by atoms with Crippen LogP contribution < -0.4 is 0 Å². The zero-order valence-electron chi connectivity index (χ0n) is 9.60. The molecule has 0 amide bonds. The Hall–Kier alpha value is -1.62. The predicted molar refractivity (Wildman–Crippen MR) is 59.9 cm³/mol. The van der Waals surface area contributed by atoms with Crippen LogP contribution in [0.5, 0.6) is 0 Å². The lowest BCUT2D eigenvalue weighted by Gasteiger charge is -1.96. The summed E-state index contributed by atoms with van der Waals surface area (Å²) in [7, 11) is 0. The fourth-order valence-corrected chi connectivity index (χ4v) is 0.543. The van der Waals surface area contributed by atoms with Crippen molar-refractivity contribution in [1.29, 1.82) is 0 Å². The van der Waals surface area contributed by atoms with Gasteiger partial charge in [0.25, 0.3) is 0 Å². The van der Waals surface area contributed by atoms with Crippen LogP contribution in [-0.2, 0) is 14.3 Å². The maximum atomic E-state index is 10.3. The Morgan fingerprint density at radius 2 is 1.94 bits per heavy atom. The number of carbonyl (C=O) groups excluding carboxylic acids is 1. The monoisotopic (exact) mass is 230 g/mol. The molecule has 0 fully saturated rings. The number of carboxylic acids is 1. The Labute approximate surface area is 95.0 Å². The summed E-state index contributed by atoms with van der Waals surface area (Å²) in [6, 6.07) is 0. The summed E-state index contributed by atoms with van der Waals surface area (Å²) in [5.41, 5.74) is 0.813.